The molecule has 1 N–H and O–H groups in total. The average Bonchev–Trinajstić information content (AvgIpc) is 3.06. The second kappa shape index (κ2) is 33.8. The molecule has 0 radical (unpaired) electrons. The highest BCUT2D eigenvalue weighted by Crippen LogP contribution is 2.43. The van der Waals surface area contributed by atoms with Crippen molar-refractivity contribution in [3.63, 3.8) is 0 Å². The van der Waals surface area contributed by atoms with Gasteiger partial charge in [0, 0.05) is 12.8 Å². The van der Waals surface area contributed by atoms with E-state index >= 15 is 0 Å². The third kappa shape index (κ3) is 36.8. The van der Waals surface area contributed by atoms with Crippen LogP contribution in [0.3, 0.4) is 0 Å². The van der Waals surface area contributed by atoms with E-state index in [9.17, 15) is 19.0 Å². The van der Waals surface area contributed by atoms with Gasteiger partial charge in [0.25, 0.3) is 0 Å². The number of hydrogen-bond donors (Lipinski definition) is 1. The predicted molar refractivity (Wildman–Crippen MR) is 206 cm³/mol. The van der Waals surface area contributed by atoms with Crippen molar-refractivity contribution in [1.82, 2.24) is 0 Å². The van der Waals surface area contributed by atoms with E-state index in [1.54, 1.807) is 0 Å². The van der Waals surface area contributed by atoms with Gasteiger partial charge in [-0.15, -0.1) is 0 Å². The van der Waals surface area contributed by atoms with Crippen LogP contribution in [0.5, 0.6) is 0 Å². The van der Waals surface area contributed by atoms with Crippen LogP contribution >= 0.6 is 7.82 Å². The molecule has 2 atom stereocenters. The maximum Gasteiger partial charge on any atom is 0.472 e. The minimum Gasteiger partial charge on any atom is -0.462 e. The molecule has 1 unspecified atom stereocenters. The Labute approximate surface area is 308 Å². The first kappa shape index (κ1) is 49.0. The van der Waals surface area contributed by atoms with Crippen molar-refractivity contribution >= 4 is 19.8 Å². The number of ether oxygens (including phenoxy) is 2. The van der Waals surface area contributed by atoms with Crippen LogP contribution in [0, 0.1) is 0 Å². The number of unbranched alkanes of at least 4 members (excludes halogenated alkanes) is 24. The molecule has 9 nitrogen and oxygen atoms in total. The third-order valence-corrected chi connectivity index (χ3v) is 10.1. The monoisotopic (exact) mass is 735 g/mol. The van der Waals surface area contributed by atoms with E-state index in [1.807, 2.05) is 21.1 Å². The van der Waals surface area contributed by atoms with Gasteiger partial charge < -0.3 is 18.9 Å². The third-order valence-electron chi connectivity index (χ3n) is 9.14. The van der Waals surface area contributed by atoms with Crippen molar-refractivity contribution in [1.29, 1.82) is 0 Å². The molecule has 0 aromatic carbocycles. The Morgan fingerprint density at radius 3 is 1.28 bits per heavy atom. The number of likely N-dealkylation sites (N-methyl/N-ethyl adjacent to an activating group) is 1. The number of phosphoric acid groups is 1. The van der Waals surface area contributed by atoms with Gasteiger partial charge >= 0.3 is 19.8 Å². The van der Waals surface area contributed by atoms with Gasteiger partial charge in [-0.25, -0.2) is 4.57 Å². The topological polar surface area (TPSA) is 108 Å². The highest BCUT2D eigenvalue weighted by atomic mass is 31.2. The van der Waals surface area contributed by atoms with Crippen LogP contribution in [0.4, 0.5) is 0 Å². The first-order valence-electron chi connectivity index (χ1n) is 20.8. The summed E-state index contributed by atoms with van der Waals surface area (Å²) in [5.74, 6) is -0.790. The van der Waals surface area contributed by atoms with Crippen molar-refractivity contribution in [2.45, 2.75) is 200 Å². The second-order valence-corrected chi connectivity index (χ2v) is 16.8. The van der Waals surface area contributed by atoms with E-state index < -0.39 is 26.5 Å². The summed E-state index contributed by atoms with van der Waals surface area (Å²) in [5, 5.41) is 0. The Balaban J connectivity index is 4.27. The summed E-state index contributed by atoms with van der Waals surface area (Å²) in [5.41, 5.74) is 0. The van der Waals surface area contributed by atoms with Crippen LogP contribution in [0.1, 0.15) is 194 Å². The number of phosphoric ester groups is 1. The molecule has 0 aromatic heterocycles. The maximum absolute atomic E-state index is 12.6. The fourth-order valence-electron chi connectivity index (χ4n) is 5.84. The second-order valence-electron chi connectivity index (χ2n) is 15.4. The molecule has 50 heavy (non-hydrogen) atoms. The molecule has 0 spiro atoms. The zero-order chi connectivity index (χ0) is 37.2. The zero-order valence-electron chi connectivity index (χ0n) is 33.4. The van der Waals surface area contributed by atoms with Gasteiger partial charge in [0.1, 0.15) is 19.8 Å². The van der Waals surface area contributed by atoms with E-state index in [1.165, 1.54) is 128 Å². The van der Waals surface area contributed by atoms with Crippen molar-refractivity contribution in [3.8, 4) is 0 Å². The zero-order valence-corrected chi connectivity index (χ0v) is 34.3. The lowest BCUT2D eigenvalue weighted by atomic mass is 10.0. The van der Waals surface area contributed by atoms with Crippen LogP contribution in [-0.2, 0) is 32.7 Å². The van der Waals surface area contributed by atoms with Crippen LogP contribution in [0.25, 0.3) is 0 Å². The quantitative estimate of drug-likeness (QED) is 0.0289. The predicted octanol–water partition coefficient (Wildman–Crippen LogP) is 11.2. The molecule has 0 heterocycles. The summed E-state index contributed by atoms with van der Waals surface area (Å²) in [6.07, 6.45) is 31.5. The lowest BCUT2D eigenvalue weighted by molar-refractivity contribution is -0.870. The van der Waals surface area contributed by atoms with Gasteiger partial charge in [-0.05, 0) is 12.8 Å². The Bertz CT molecular complexity index is 835. The van der Waals surface area contributed by atoms with Crippen LogP contribution in [-0.4, -0.2) is 74.9 Å². The smallest absolute Gasteiger partial charge is 0.462 e. The number of rotatable bonds is 38. The number of quaternary nitrogens is 1. The summed E-state index contributed by atoms with van der Waals surface area (Å²) in [6.45, 7) is 4.42. The molecule has 0 aliphatic carbocycles. The molecule has 0 aliphatic heterocycles. The molecule has 0 aliphatic rings. The molecular weight excluding hydrogens is 653 g/mol. The maximum atomic E-state index is 12.6. The molecule has 10 heteroatoms. The van der Waals surface area contributed by atoms with Crippen molar-refractivity contribution in [2.24, 2.45) is 0 Å². The largest absolute Gasteiger partial charge is 0.472 e. The number of carbonyl (C=O) groups is 2. The molecule has 0 fully saturated rings. The number of esters is 2. The fraction of sp³-hybridized carbons (Fsp3) is 0.950. The lowest BCUT2D eigenvalue weighted by Gasteiger charge is -2.24. The van der Waals surface area contributed by atoms with Crippen molar-refractivity contribution in [2.75, 3.05) is 47.5 Å². The summed E-state index contributed by atoms with van der Waals surface area (Å²) in [7, 11) is 1.49. The summed E-state index contributed by atoms with van der Waals surface area (Å²) in [6, 6.07) is 0. The number of hydrogen-bond acceptors (Lipinski definition) is 7. The molecule has 0 saturated heterocycles. The van der Waals surface area contributed by atoms with Gasteiger partial charge in [0.2, 0.25) is 0 Å². The Hall–Kier alpha value is -0.990. The minimum atomic E-state index is -4.36. The van der Waals surface area contributed by atoms with E-state index in [4.69, 9.17) is 18.5 Å². The first-order chi connectivity index (χ1) is 24.0. The molecule has 0 aromatic rings. The Morgan fingerprint density at radius 1 is 0.540 bits per heavy atom. The van der Waals surface area contributed by atoms with Crippen LogP contribution in [0.2, 0.25) is 0 Å². The SMILES string of the molecule is CCCCCCCCCCCCCCCCCCCC(=O)OC[C@@H](COP(=O)(O)OCC[N+](C)(C)C)OC(=O)CCCCCCCCCCC. The minimum absolute atomic E-state index is 0.0364. The van der Waals surface area contributed by atoms with Gasteiger partial charge in [-0.3, -0.25) is 18.6 Å². The normalized spacial score (nSPS) is 13.6. The Morgan fingerprint density at radius 2 is 0.900 bits per heavy atom. The highest BCUT2D eigenvalue weighted by Gasteiger charge is 2.27. The van der Waals surface area contributed by atoms with Gasteiger partial charge in [-0.1, -0.05) is 168 Å². The van der Waals surface area contributed by atoms with Gasteiger partial charge in [0.15, 0.2) is 6.10 Å². The summed E-state index contributed by atoms with van der Waals surface area (Å²) in [4.78, 5) is 35.2. The number of carbonyl (C=O) groups excluding carboxylic acids is 2. The van der Waals surface area contributed by atoms with E-state index in [2.05, 4.69) is 13.8 Å². The summed E-state index contributed by atoms with van der Waals surface area (Å²) >= 11 is 0. The first-order valence-corrected chi connectivity index (χ1v) is 22.3. The van der Waals surface area contributed by atoms with Crippen LogP contribution in [0.15, 0.2) is 0 Å². The van der Waals surface area contributed by atoms with Crippen molar-refractivity contribution < 1.29 is 42.1 Å². The molecule has 0 bridgehead atoms. The van der Waals surface area contributed by atoms with Gasteiger partial charge in [-0.2, -0.15) is 0 Å². The summed E-state index contributed by atoms with van der Waals surface area (Å²) < 4.78 is 34.2. The highest BCUT2D eigenvalue weighted by molar-refractivity contribution is 7.47. The molecule has 0 amide bonds. The molecular formula is C40H81NO8P+. The molecule has 298 valence electrons. The van der Waals surface area contributed by atoms with E-state index in [0.717, 1.165) is 32.1 Å². The Kier molecular flexibility index (Phi) is 33.2. The van der Waals surface area contributed by atoms with Gasteiger partial charge in [0.05, 0.1) is 27.7 Å². The molecule has 0 saturated carbocycles. The molecule has 0 rings (SSSR count). The lowest BCUT2D eigenvalue weighted by Crippen LogP contribution is -2.37. The van der Waals surface area contributed by atoms with Crippen LogP contribution < -0.4 is 0 Å². The van der Waals surface area contributed by atoms with Crippen molar-refractivity contribution in [3.05, 3.63) is 0 Å². The number of nitrogens with zero attached hydrogens (tertiary/aromatic N) is 1. The average molecular weight is 735 g/mol. The fourth-order valence-corrected chi connectivity index (χ4v) is 6.58. The van der Waals surface area contributed by atoms with E-state index in [0.29, 0.717) is 23.9 Å². The van der Waals surface area contributed by atoms with E-state index in [-0.39, 0.29) is 25.6 Å². The standard InChI is InChI=1S/C40H80NO8P/c1-6-8-10-12-14-16-17-18-19-20-21-22-23-25-26-28-30-32-39(42)46-36-38(37-48-50(44,45)47-35-34-41(3,4)5)49-40(43)33-31-29-27-24-15-13-11-9-7-2/h38H,6-37H2,1-5H3/p+1/t38-/m0/s1.